The molecule has 2 heteroatoms. The van der Waals surface area contributed by atoms with Gasteiger partial charge >= 0.3 is 0 Å². The summed E-state index contributed by atoms with van der Waals surface area (Å²) in [5.41, 5.74) is 1.36. The SMILES string of the molecule is CBOC(c1ccccc1)C1CCCCC1. The molecule has 0 spiro atoms. The fraction of sp³-hybridized carbons (Fsp3) is 0.571. The van der Waals surface area contributed by atoms with Gasteiger partial charge in [0.25, 0.3) is 7.48 Å². The molecule has 1 aromatic rings. The highest BCUT2D eigenvalue weighted by molar-refractivity contribution is 6.24. The summed E-state index contributed by atoms with van der Waals surface area (Å²) in [6.45, 7) is 2.10. The van der Waals surface area contributed by atoms with Gasteiger partial charge < -0.3 is 4.65 Å². The van der Waals surface area contributed by atoms with Gasteiger partial charge in [0.2, 0.25) is 0 Å². The normalized spacial score (nSPS) is 19.3. The van der Waals surface area contributed by atoms with Gasteiger partial charge in [0.15, 0.2) is 0 Å². The third-order valence-corrected chi connectivity index (χ3v) is 3.55. The van der Waals surface area contributed by atoms with Gasteiger partial charge in [-0.15, -0.1) is 0 Å². The van der Waals surface area contributed by atoms with Crippen molar-refractivity contribution in [2.45, 2.75) is 45.0 Å². The molecular formula is C14H21BO. The van der Waals surface area contributed by atoms with Crippen LogP contribution in [-0.4, -0.2) is 7.48 Å². The second-order valence-corrected chi connectivity index (χ2v) is 4.68. The Morgan fingerprint density at radius 3 is 2.44 bits per heavy atom. The van der Waals surface area contributed by atoms with Crippen molar-refractivity contribution in [3.63, 3.8) is 0 Å². The van der Waals surface area contributed by atoms with E-state index in [1.165, 1.54) is 37.7 Å². The number of benzene rings is 1. The first-order valence-corrected chi connectivity index (χ1v) is 6.58. The van der Waals surface area contributed by atoms with Crippen LogP contribution in [0, 0.1) is 5.92 Å². The summed E-state index contributed by atoms with van der Waals surface area (Å²) in [6, 6.07) is 10.7. The van der Waals surface area contributed by atoms with Crippen molar-refractivity contribution in [2.24, 2.45) is 5.92 Å². The minimum absolute atomic E-state index is 0.325. The van der Waals surface area contributed by atoms with Crippen LogP contribution < -0.4 is 0 Å². The number of hydrogen-bond donors (Lipinski definition) is 0. The molecule has 0 aromatic heterocycles. The first-order chi connectivity index (χ1) is 7.92. The molecule has 1 fully saturated rings. The van der Waals surface area contributed by atoms with Gasteiger partial charge in [-0.05, 0) is 24.3 Å². The standard InChI is InChI=1S/C14H21BO/c1-15-16-14(12-8-4-2-5-9-12)13-10-6-3-7-11-13/h2,4-5,8-9,13-15H,3,6-7,10-11H2,1H3. The summed E-state index contributed by atoms with van der Waals surface area (Å²) < 4.78 is 5.97. The van der Waals surface area contributed by atoms with Crippen LogP contribution in [0.2, 0.25) is 6.82 Å². The zero-order valence-corrected chi connectivity index (χ0v) is 10.2. The second-order valence-electron chi connectivity index (χ2n) is 4.68. The van der Waals surface area contributed by atoms with Gasteiger partial charge in [-0.25, -0.2) is 0 Å². The maximum atomic E-state index is 5.97. The van der Waals surface area contributed by atoms with Crippen molar-refractivity contribution < 1.29 is 4.65 Å². The van der Waals surface area contributed by atoms with Crippen molar-refractivity contribution in [3.8, 4) is 0 Å². The first-order valence-electron chi connectivity index (χ1n) is 6.58. The maximum Gasteiger partial charge on any atom is 0.272 e. The fourth-order valence-corrected chi connectivity index (χ4v) is 2.76. The van der Waals surface area contributed by atoms with E-state index in [4.69, 9.17) is 4.65 Å². The van der Waals surface area contributed by atoms with Crippen molar-refractivity contribution in [1.82, 2.24) is 0 Å². The molecule has 2 rings (SSSR count). The predicted octanol–water partition coefficient (Wildman–Crippen LogP) is 3.72. The summed E-state index contributed by atoms with van der Waals surface area (Å²) in [5.74, 6) is 0.732. The molecule has 1 unspecified atom stereocenters. The summed E-state index contributed by atoms with van der Waals surface area (Å²) in [5, 5.41) is 0. The molecule has 0 amide bonds. The van der Waals surface area contributed by atoms with E-state index in [1.807, 2.05) is 0 Å². The average molecular weight is 216 g/mol. The molecule has 16 heavy (non-hydrogen) atoms. The van der Waals surface area contributed by atoms with E-state index in [0.29, 0.717) is 6.10 Å². The maximum absolute atomic E-state index is 5.97. The Morgan fingerprint density at radius 2 is 1.81 bits per heavy atom. The molecule has 86 valence electrons. The Hall–Kier alpha value is -0.755. The highest BCUT2D eigenvalue weighted by atomic mass is 16.4. The van der Waals surface area contributed by atoms with Crippen LogP contribution in [0.5, 0.6) is 0 Å². The van der Waals surface area contributed by atoms with E-state index in [9.17, 15) is 0 Å². The van der Waals surface area contributed by atoms with Crippen LogP contribution in [0.1, 0.15) is 43.8 Å². The smallest absolute Gasteiger partial charge is 0.272 e. The Kier molecular flexibility index (Phi) is 4.47. The lowest BCUT2D eigenvalue weighted by Gasteiger charge is -2.30. The number of hydrogen-bond acceptors (Lipinski definition) is 1. The van der Waals surface area contributed by atoms with Crippen LogP contribution in [0.4, 0.5) is 0 Å². The molecule has 1 atom stereocenters. The molecule has 0 heterocycles. The molecule has 1 nitrogen and oxygen atoms in total. The molecule has 0 radical (unpaired) electrons. The predicted molar refractivity (Wildman–Crippen MR) is 69.9 cm³/mol. The highest BCUT2D eigenvalue weighted by Crippen LogP contribution is 2.36. The second kappa shape index (κ2) is 6.10. The third kappa shape index (κ3) is 2.88. The van der Waals surface area contributed by atoms with Crippen molar-refractivity contribution >= 4 is 7.48 Å². The lowest BCUT2D eigenvalue weighted by Crippen LogP contribution is -2.19. The molecule has 1 saturated carbocycles. The topological polar surface area (TPSA) is 9.23 Å². The largest absolute Gasteiger partial charge is 0.433 e. The van der Waals surface area contributed by atoms with Gasteiger partial charge in [0.05, 0.1) is 6.10 Å². The van der Waals surface area contributed by atoms with Crippen LogP contribution in [0.25, 0.3) is 0 Å². The van der Waals surface area contributed by atoms with Gasteiger partial charge in [-0.3, -0.25) is 0 Å². The molecule has 0 N–H and O–H groups in total. The molecule has 0 aliphatic heterocycles. The quantitative estimate of drug-likeness (QED) is 0.697. The van der Waals surface area contributed by atoms with E-state index in [0.717, 1.165) is 13.4 Å². The van der Waals surface area contributed by atoms with E-state index in [1.54, 1.807) is 0 Å². The minimum Gasteiger partial charge on any atom is -0.433 e. The van der Waals surface area contributed by atoms with E-state index in [-0.39, 0.29) is 0 Å². The van der Waals surface area contributed by atoms with Gasteiger partial charge in [0.1, 0.15) is 0 Å². The van der Waals surface area contributed by atoms with Crippen LogP contribution in [0.3, 0.4) is 0 Å². The van der Waals surface area contributed by atoms with E-state index < -0.39 is 0 Å². The third-order valence-electron chi connectivity index (χ3n) is 3.55. The monoisotopic (exact) mass is 216 g/mol. The Bertz CT molecular complexity index is 293. The van der Waals surface area contributed by atoms with Crippen molar-refractivity contribution in [2.75, 3.05) is 0 Å². The Morgan fingerprint density at radius 1 is 1.12 bits per heavy atom. The summed E-state index contributed by atoms with van der Waals surface area (Å²) in [6.07, 6.45) is 7.15. The van der Waals surface area contributed by atoms with Crippen molar-refractivity contribution in [3.05, 3.63) is 35.9 Å². The molecule has 1 aliphatic carbocycles. The fourth-order valence-electron chi connectivity index (χ4n) is 2.76. The molecule has 1 aromatic carbocycles. The lowest BCUT2D eigenvalue weighted by atomic mass is 9.82. The Balaban J connectivity index is 2.09. The van der Waals surface area contributed by atoms with Crippen molar-refractivity contribution in [1.29, 1.82) is 0 Å². The first kappa shape index (κ1) is 11.7. The molecule has 1 aliphatic rings. The molecule has 0 bridgehead atoms. The van der Waals surface area contributed by atoms with Crippen LogP contribution >= 0.6 is 0 Å². The summed E-state index contributed by atoms with van der Waals surface area (Å²) in [7, 11) is 0.816. The zero-order chi connectivity index (χ0) is 11.2. The van der Waals surface area contributed by atoms with E-state index in [2.05, 4.69) is 37.2 Å². The molecule has 0 saturated heterocycles. The lowest BCUT2D eigenvalue weighted by molar-refractivity contribution is 0.114. The van der Waals surface area contributed by atoms with Crippen LogP contribution in [-0.2, 0) is 4.65 Å². The summed E-state index contributed by atoms with van der Waals surface area (Å²) in [4.78, 5) is 0. The number of rotatable bonds is 4. The van der Waals surface area contributed by atoms with Gasteiger partial charge in [0, 0.05) is 0 Å². The molecular weight excluding hydrogens is 195 g/mol. The minimum atomic E-state index is 0.325. The average Bonchev–Trinajstić information content (AvgIpc) is 2.38. The van der Waals surface area contributed by atoms with Crippen LogP contribution in [0.15, 0.2) is 30.3 Å². The van der Waals surface area contributed by atoms with E-state index >= 15 is 0 Å². The zero-order valence-electron chi connectivity index (χ0n) is 10.2. The Labute approximate surface area is 99.5 Å². The van der Waals surface area contributed by atoms with Gasteiger partial charge in [-0.2, -0.15) is 0 Å². The summed E-state index contributed by atoms with van der Waals surface area (Å²) >= 11 is 0. The highest BCUT2D eigenvalue weighted by Gasteiger charge is 2.24. The van der Waals surface area contributed by atoms with Gasteiger partial charge in [-0.1, -0.05) is 56.4 Å².